The number of aromatic nitrogens is 3. The van der Waals surface area contributed by atoms with Gasteiger partial charge in [-0.1, -0.05) is 43.8 Å². The average Bonchev–Trinajstić information content (AvgIpc) is 3.23. The fraction of sp³-hybridized carbons (Fsp3) is 0.348. The Labute approximate surface area is 191 Å². The van der Waals surface area contributed by atoms with Crippen molar-refractivity contribution in [2.45, 2.75) is 24.9 Å². The zero-order chi connectivity index (χ0) is 22.5. The molecule has 1 aromatic heterocycles. The summed E-state index contributed by atoms with van der Waals surface area (Å²) >= 11 is 1.26. The number of anilines is 2. The number of halogens is 1. The fourth-order valence-electron chi connectivity index (χ4n) is 3.44. The number of nitrogens with one attached hydrogen (secondary N) is 1. The number of carbonyl (C=O) groups is 1. The van der Waals surface area contributed by atoms with Gasteiger partial charge in [-0.3, -0.25) is 9.36 Å². The van der Waals surface area contributed by atoms with E-state index < -0.39 is 0 Å². The number of benzene rings is 2. The maximum atomic E-state index is 13.9. The van der Waals surface area contributed by atoms with Crippen molar-refractivity contribution >= 4 is 29.3 Å². The van der Waals surface area contributed by atoms with Crippen LogP contribution in [-0.4, -0.2) is 52.7 Å². The number of hydrogen-bond donors (Lipinski definition) is 1. The molecule has 9 heteroatoms. The maximum absolute atomic E-state index is 13.9. The van der Waals surface area contributed by atoms with E-state index in [4.69, 9.17) is 4.74 Å². The molecule has 2 aromatic carbocycles. The lowest BCUT2D eigenvalue weighted by molar-refractivity contribution is -0.113. The van der Waals surface area contributed by atoms with Crippen LogP contribution in [0, 0.1) is 5.82 Å². The second-order valence-corrected chi connectivity index (χ2v) is 8.75. The van der Waals surface area contributed by atoms with E-state index in [-0.39, 0.29) is 17.5 Å². The monoisotopic (exact) mass is 455 g/mol. The highest BCUT2D eigenvalue weighted by atomic mass is 32.2. The zero-order valence-corrected chi connectivity index (χ0v) is 18.9. The molecule has 168 valence electrons. The van der Waals surface area contributed by atoms with Crippen LogP contribution in [0.4, 0.5) is 16.0 Å². The summed E-state index contributed by atoms with van der Waals surface area (Å²) in [6, 6.07) is 14.1. The first kappa shape index (κ1) is 22.3. The Bertz CT molecular complexity index is 1060. The number of nitrogens with zero attached hydrogens (tertiary/aromatic N) is 4. The standard InChI is InChI=1S/C23H26FN5O2S/c1-16(2)17-6-8-19(9-7-17)25-21(30)15-32-23-27-26-22(28-10-12-31-13-11-28)29(23)20-5-3-4-18(24)14-20/h3-9,14,16H,10-13,15H2,1-2H3,(H,25,30). The summed E-state index contributed by atoms with van der Waals surface area (Å²) < 4.78 is 21.2. The smallest absolute Gasteiger partial charge is 0.234 e. The Morgan fingerprint density at radius 3 is 2.59 bits per heavy atom. The van der Waals surface area contributed by atoms with Gasteiger partial charge in [0.1, 0.15) is 5.82 Å². The Hall–Kier alpha value is -2.91. The molecule has 1 saturated heterocycles. The first-order valence-corrected chi connectivity index (χ1v) is 11.6. The quantitative estimate of drug-likeness (QED) is 0.541. The third-order valence-corrected chi connectivity index (χ3v) is 6.10. The molecule has 0 unspecified atom stereocenters. The summed E-state index contributed by atoms with van der Waals surface area (Å²) in [7, 11) is 0. The minimum absolute atomic E-state index is 0.144. The number of carbonyl (C=O) groups excluding carboxylic acids is 1. The van der Waals surface area contributed by atoms with Crippen molar-refractivity contribution in [2.24, 2.45) is 0 Å². The van der Waals surface area contributed by atoms with Gasteiger partial charge in [-0.25, -0.2) is 4.39 Å². The molecule has 0 radical (unpaired) electrons. The largest absolute Gasteiger partial charge is 0.378 e. The number of amides is 1. The van der Waals surface area contributed by atoms with E-state index >= 15 is 0 Å². The van der Waals surface area contributed by atoms with Crippen LogP contribution >= 0.6 is 11.8 Å². The van der Waals surface area contributed by atoms with Crippen LogP contribution < -0.4 is 10.2 Å². The van der Waals surface area contributed by atoms with E-state index in [2.05, 4.69) is 34.3 Å². The van der Waals surface area contributed by atoms with Gasteiger partial charge < -0.3 is 15.0 Å². The summed E-state index contributed by atoms with van der Waals surface area (Å²) in [5.74, 6) is 0.718. The average molecular weight is 456 g/mol. The molecule has 1 aliphatic heterocycles. The van der Waals surface area contributed by atoms with E-state index in [1.54, 1.807) is 16.7 Å². The molecule has 3 aromatic rings. The minimum atomic E-state index is -0.345. The lowest BCUT2D eigenvalue weighted by Gasteiger charge is -2.27. The molecule has 0 bridgehead atoms. The summed E-state index contributed by atoms with van der Waals surface area (Å²) in [5.41, 5.74) is 2.58. The van der Waals surface area contributed by atoms with E-state index in [1.165, 1.54) is 29.5 Å². The van der Waals surface area contributed by atoms with Crippen molar-refractivity contribution in [1.29, 1.82) is 0 Å². The second-order valence-electron chi connectivity index (χ2n) is 7.81. The summed E-state index contributed by atoms with van der Waals surface area (Å²) in [5, 5.41) is 12.1. The fourth-order valence-corrected chi connectivity index (χ4v) is 4.19. The third-order valence-electron chi connectivity index (χ3n) is 5.17. The normalized spacial score (nSPS) is 14.1. The minimum Gasteiger partial charge on any atom is -0.378 e. The Balaban J connectivity index is 1.50. The Morgan fingerprint density at radius 1 is 1.16 bits per heavy atom. The second kappa shape index (κ2) is 10.1. The molecular formula is C23H26FN5O2S. The predicted molar refractivity (Wildman–Crippen MR) is 124 cm³/mol. The van der Waals surface area contributed by atoms with Gasteiger partial charge in [0.05, 0.1) is 24.7 Å². The van der Waals surface area contributed by atoms with Gasteiger partial charge in [0.25, 0.3) is 0 Å². The predicted octanol–water partition coefficient (Wildman–Crippen LogP) is 4.10. The van der Waals surface area contributed by atoms with Gasteiger partial charge in [0, 0.05) is 18.8 Å². The first-order chi connectivity index (χ1) is 15.5. The number of morpholine rings is 1. The third kappa shape index (κ3) is 5.28. The SMILES string of the molecule is CC(C)c1ccc(NC(=O)CSc2nnc(N3CCOCC3)n2-c2cccc(F)c2)cc1. The van der Waals surface area contributed by atoms with Crippen molar-refractivity contribution in [1.82, 2.24) is 14.8 Å². The molecule has 4 rings (SSSR count). The molecular weight excluding hydrogens is 429 g/mol. The lowest BCUT2D eigenvalue weighted by atomic mass is 10.0. The van der Waals surface area contributed by atoms with Crippen molar-refractivity contribution in [2.75, 3.05) is 42.3 Å². The molecule has 0 atom stereocenters. The van der Waals surface area contributed by atoms with Crippen LogP contribution in [0.5, 0.6) is 0 Å². The molecule has 1 aliphatic rings. The van der Waals surface area contributed by atoms with Gasteiger partial charge in [0.15, 0.2) is 5.16 Å². The highest BCUT2D eigenvalue weighted by Crippen LogP contribution is 2.28. The van der Waals surface area contributed by atoms with Crippen molar-refractivity contribution in [3.8, 4) is 5.69 Å². The van der Waals surface area contributed by atoms with E-state index in [0.717, 1.165) is 5.69 Å². The van der Waals surface area contributed by atoms with E-state index in [9.17, 15) is 9.18 Å². The molecule has 1 fully saturated rings. The van der Waals surface area contributed by atoms with Crippen LogP contribution in [0.2, 0.25) is 0 Å². The van der Waals surface area contributed by atoms with Gasteiger partial charge in [0.2, 0.25) is 11.9 Å². The Kier molecular flexibility index (Phi) is 7.06. The molecule has 32 heavy (non-hydrogen) atoms. The van der Waals surface area contributed by atoms with Crippen LogP contribution in [0.25, 0.3) is 5.69 Å². The summed E-state index contributed by atoms with van der Waals surface area (Å²) in [6.45, 7) is 6.79. The van der Waals surface area contributed by atoms with Gasteiger partial charge in [-0.2, -0.15) is 0 Å². The van der Waals surface area contributed by atoms with Crippen molar-refractivity contribution < 1.29 is 13.9 Å². The number of rotatable bonds is 7. The highest BCUT2D eigenvalue weighted by molar-refractivity contribution is 7.99. The molecule has 2 heterocycles. The molecule has 1 N–H and O–H groups in total. The van der Waals surface area contributed by atoms with Crippen LogP contribution in [-0.2, 0) is 9.53 Å². The Morgan fingerprint density at radius 2 is 1.91 bits per heavy atom. The number of hydrogen-bond acceptors (Lipinski definition) is 6. The molecule has 0 saturated carbocycles. The molecule has 0 spiro atoms. The van der Waals surface area contributed by atoms with Crippen LogP contribution in [0.1, 0.15) is 25.3 Å². The topological polar surface area (TPSA) is 72.3 Å². The number of thioether (sulfide) groups is 1. The lowest BCUT2D eigenvalue weighted by Crippen LogP contribution is -2.37. The van der Waals surface area contributed by atoms with Gasteiger partial charge in [-0.05, 0) is 41.8 Å². The van der Waals surface area contributed by atoms with Gasteiger partial charge >= 0.3 is 0 Å². The van der Waals surface area contributed by atoms with Crippen molar-refractivity contribution in [3.05, 3.63) is 59.9 Å². The van der Waals surface area contributed by atoms with Crippen molar-refractivity contribution in [3.63, 3.8) is 0 Å². The molecule has 0 aliphatic carbocycles. The molecule has 1 amide bonds. The summed E-state index contributed by atoms with van der Waals surface area (Å²) in [4.78, 5) is 14.6. The van der Waals surface area contributed by atoms with E-state index in [0.29, 0.717) is 49.0 Å². The first-order valence-electron chi connectivity index (χ1n) is 10.6. The maximum Gasteiger partial charge on any atom is 0.234 e. The van der Waals surface area contributed by atoms with Gasteiger partial charge in [-0.15, -0.1) is 10.2 Å². The highest BCUT2D eigenvalue weighted by Gasteiger charge is 2.22. The zero-order valence-electron chi connectivity index (χ0n) is 18.1. The van der Waals surface area contributed by atoms with Crippen LogP contribution in [0.15, 0.2) is 53.7 Å². The molecule has 7 nitrogen and oxygen atoms in total. The summed E-state index contributed by atoms with van der Waals surface area (Å²) in [6.07, 6.45) is 0. The number of ether oxygens (including phenoxy) is 1. The van der Waals surface area contributed by atoms with Crippen LogP contribution in [0.3, 0.4) is 0 Å². The van der Waals surface area contributed by atoms with E-state index in [1.807, 2.05) is 24.3 Å².